The Bertz CT molecular complexity index is 1460. The summed E-state index contributed by atoms with van der Waals surface area (Å²) in [6.45, 7) is -0.424. The van der Waals surface area contributed by atoms with E-state index in [1.807, 2.05) is 24.3 Å². The average Bonchev–Trinajstić information content (AvgIpc) is 3.30. The van der Waals surface area contributed by atoms with E-state index < -0.39 is 6.10 Å². The molecule has 0 bridgehead atoms. The smallest absolute Gasteiger partial charge is 0.228 e. The largest absolute Gasteiger partial charge is 0.491 e. The minimum Gasteiger partial charge on any atom is -0.491 e. The van der Waals surface area contributed by atoms with Gasteiger partial charge in [-0.15, -0.1) is 0 Å². The fourth-order valence-corrected chi connectivity index (χ4v) is 3.60. The van der Waals surface area contributed by atoms with Crippen molar-refractivity contribution >= 4 is 27.6 Å². The molecule has 0 aliphatic carbocycles. The minimum absolute atomic E-state index is 0.0406. The van der Waals surface area contributed by atoms with E-state index >= 15 is 0 Å². The maximum atomic E-state index is 13.2. The zero-order valence-corrected chi connectivity index (χ0v) is 17.5. The summed E-state index contributed by atoms with van der Waals surface area (Å²) in [6, 6.07) is 16.4. The lowest BCUT2D eigenvalue weighted by atomic mass is 10.0. The van der Waals surface area contributed by atoms with Gasteiger partial charge in [0.2, 0.25) is 5.78 Å². The summed E-state index contributed by atoms with van der Waals surface area (Å²) in [5, 5.41) is 20.4. The molecule has 0 amide bonds. The Labute approximate surface area is 188 Å². The summed E-state index contributed by atoms with van der Waals surface area (Å²) >= 11 is 0. The number of ketones is 1. The minimum atomic E-state index is -0.963. The van der Waals surface area contributed by atoms with Crippen molar-refractivity contribution in [2.24, 2.45) is 0 Å². The summed E-state index contributed by atoms with van der Waals surface area (Å²) < 4.78 is 5.46. The van der Waals surface area contributed by atoms with Gasteiger partial charge in [-0.1, -0.05) is 24.3 Å². The Morgan fingerprint density at radius 3 is 2.85 bits per heavy atom. The van der Waals surface area contributed by atoms with Gasteiger partial charge in [0.05, 0.1) is 23.3 Å². The number of aliphatic hydroxyl groups excluding tert-OH is 2. The monoisotopic (exact) mass is 440 g/mol. The van der Waals surface area contributed by atoms with E-state index in [-0.39, 0.29) is 24.8 Å². The van der Waals surface area contributed by atoms with Crippen molar-refractivity contribution in [3.8, 4) is 17.0 Å². The third-order valence-corrected chi connectivity index (χ3v) is 5.29. The van der Waals surface area contributed by atoms with Crippen LogP contribution < -0.4 is 4.74 Å². The maximum absolute atomic E-state index is 13.2. The van der Waals surface area contributed by atoms with Gasteiger partial charge >= 0.3 is 0 Å². The van der Waals surface area contributed by atoms with Crippen LogP contribution in [0.4, 0.5) is 0 Å². The third-order valence-electron chi connectivity index (χ3n) is 5.29. The van der Waals surface area contributed by atoms with Crippen LogP contribution in [0.2, 0.25) is 0 Å². The van der Waals surface area contributed by atoms with Crippen LogP contribution in [0.1, 0.15) is 16.2 Å². The number of aromatic nitrogens is 4. The lowest BCUT2D eigenvalue weighted by Crippen LogP contribution is -2.21. The standard InChI is InChI=1S/C25H20N4O4/c30-13-17(31)14-33-18-5-6-21-23(10-18)29-25(28-21)24(32)15-7-8-27-22(9-15)20-12-26-11-16-3-1-2-4-19(16)20/h1-12,17,30-31H,13-14H2,(H,28,29). The molecule has 0 fully saturated rings. The molecule has 0 radical (unpaired) electrons. The third kappa shape index (κ3) is 4.17. The number of pyridine rings is 2. The topological polar surface area (TPSA) is 121 Å². The molecule has 1 atom stereocenters. The fourth-order valence-electron chi connectivity index (χ4n) is 3.60. The SMILES string of the molecule is O=C(c1ccnc(-c2cncc3ccccc23)c1)c1nc2cc(OCC(O)CO)ccc2[nH]1. The molecule has 0 aliphatic heterocycles. The van der Waals surface area contributed by atoms with E-state index in [9.17, 15) is 9.90 Å². The van der Waals surface area contributed by atoms with Gasteiger partial charge in [0.25, 0.3) is 0 Å². The number of carbonyl (C=O) groups is 1. The van der Waals surface area contributed by atoms with Crippen LogP contribution in [0.15, 0.2) is 73.2 Å². The molecule has 5 rings (SSSR count). The first-order valence-electron chi connectivity index (χ1n) is 10.4. The van der Waals surface area contributed by atoms with Gasteiger partial charge in [-0.2, -0.15) is 0 Å². The lowest BCUT2D eigenvalue weighted by Gasteiger charge is -2.09. The summed E-state index contributed by atoms with van der Waals surface area (Å²) in [6.07, 6.45) is 4.18. The number of hydrogen-bond acceptors (Lipinski definition) is 7. The van der Waals surface area contributed by atoms with Gasteiger partial charge in [-0.05, 0) is 29.7 Å². The number of nitrogens with one attached hydrogen (secondary N) is 1. The molecular weight excluding hydrogens is 420 g/mol. The van der Waals surface area contributed by atoms with Gasteiger partial charge in [0.1, 0.15) is 18.5 Å². The highest BCUT2D eigenvalue weighted by molar-refractivity contribution is 6.08. The number of carbonyl (C=O) groups excluding carboxylic acids is 1. The predicted octanol–water partition coefficient (Wildman–Crippen LogP) is 3.14. The number of aliphatic hydroxyl groups is 2. The Balaban J connectivity index is 1.45. The number of fused-ring (bicyclic) bond motifs is 2. The first-order chi connectivity index (χ1) is 16.1. The van der Waals surface area contributed by atoms with Gasteiger partial charge in [-0.25, -0.2) is 4.98 Å². The number of ether oxygens (including phenoxy) is 1. The summed E-state index contributed by atoms with van der Waals surface area (Å²) in [4.78, 5) is 29.4. The summed E-state index contributed by atoms with van der Waals surface area (Å²) in [5.74, 6) is 0.419. The Hall–Kier alpha value is -4.14. The first kappa shape index (κ1) is 20.7. The van der Waals surface area contributed by atoms with Gasteiger partial charge in [0, 0.05) is 41.2 Å². The Kier molecular flexibility index (Phi) is 5.52. The zero-order valence-electron chi connectivity index (χ0n) is 17.5. The number of imidazole rings is 1. The molecule has 3 heterocycles. The highest BCUT2D eigenvalue weighted by atomic mass is 16.5. The number of rotatable bonds is 7. The molecule has 1 unspecified atom stereocenters. The number of hydrogen-bond donors (Lipinski definition) is 3. The maximum Gasteiger partial charge on any atom is 0.228 e. The van der Waals surface area contributed by atoms with Crippen LogP contribution >= 0.6 is 0 Å². The van der Waals surface area contributed by atoms with E-state index in [0.29, 0.717) is 28.0 Å². The molecule has 33 heavy (non-hydrogen) atoms. The Morgan fingerprint density at radius 2 is 1.97 bits per heavy atom. The number of H-pyrrole nitrogens is 1. The fraction of sp³-hybridized carbons (Fsp3) is 0.120. The van der Waals surface area contributed by atoms with Gasteiger partial charge in [0.15, 0.2) is 5.82 Å². The number of aromatic amines is 1. The van der Waals surface area contributed by atoms with Crippen LogP contribution in [-0.4, -0.2) is 55.2 Å². The van der Waals surface area contributed by atoms with Crippen LogP contribution in [0.25, 0.3) is 33.1 Å². The molecule has 164 valence electrons. The first-order valence-corrected chi connectivity index (χ1v) is 10.4. The highest BCUT2D eigenvalue weighted by Crippen LogP contribution is 2.27. The van der Waals surface area contributed by atoms with E-state index in [1.165, 1.54) is 0 Å². The van der Waals surface area contributed by atoms with Crippen molar-refractivity contribution in [3.05, 3.63) is 84.6 Å². The van der Waals surface area contributed by atoms with Crippen molar-refractivity contribution in [2.45, 2.75) is 6.10 Å². The predicted molar refractivity (Wildman–Crippen MR) is 123 cm³/mol. The number of nitrogens with zero attached hydrogens (tertiary/aromatic N) is 3. The molecule has 0 spiro atoms. The molecule has 0 saturated carbocycles. The summed E-state index contributed by atoms with van der Waals surface area (Å²) in [7, 11) is 0. The second-order valence-electron chi connectivity index (χ2n) is 7.58. The molecule has 3 N–H and O–H groups in total. The molecule has 0 saturated heterocycles. The van der Waals surface area contributed by atoms with Crippen LogP contribution in [0.3, 0.4) is 0 Å². The van der Waals surface area contributed by atoms with Crippen LogP contribution in [-0.2, 0) is 0 Å². The zero-order chi connectivity index (χ0) is 22.8. The van der Waals surface area contributed by atoms with Gasteiger partial charge in [-0.3, -0.25) is 14.8 Å². The molecule has 8 nitrogen and oxygen atoms in total. The lowest BCUT2D eigenvalue weighted by molar-refractivity contribution is 0.0536. The van der Waals surface area contributed by atoms with Crippen LogP contribution in [0.5, 0.6) is 5.75 Å². The van der Waals surface area contributed by atoms with Crippen molar-refractivity contribution in [3.63, 3.8) is 0 Å². The van der Waals surface area contributed by atoms with Gasteiger partial charge < -0.3 is 19.9 Å². The quantitative estimate of drug-likeness (QED) is 0.333. The van der Waals surface area contributed by atoms with Crippen molar-refractivity contribution in [2.75, 3.05) is 13.2 Å². The normalized spacial score (nSPS) is 12.2. The Morgan fingerprint density at radius 1 is 1.09 bits per heavy atom. The van der Waals surface area contributed by atoms with E-state index in [0.717, 1.165) is 16.3 Å². The average molecular weight is 440 g/mol. The molecular formula is C25H20N4O4. The number of benzene rings is 2. The molecule has 8 heteroatoms. The van der Waals surface area contributed by atoms with Crippen molar-refractivity contribution in [1.29, 1.82) is 0 Å². The second-order valence-corrected chi connectivity index (χ2v) is 7.58. The highest BCUT2D eigenvalue weighted by Gasteiger charge is 2.16. The van der Waals surface area contributed by atoms with E-state index in [1.54, 1.807) is 48.9 Å². The molecule has 3 aromatic heterocycles. The molecule has 2 aromatic carbocycles. The molecule has 5 aromatic rings. The van der Waals surface area contributed by atoms with E-state index in [4.69, 9.17) is 9.84 Å². The van der Waals surface area contributed by atoms with Crippen molar-refractivity contribution in [1.82, 2.24) is 19.9 Å². The van der Waals surface area contributed by atoms with Crippen molar-refractivity contribution < 1.29 is 19.7 Å². The second kappa shape index (κ2) is 8.78. The van der Waals surface area contributed by atoms with E-state index in [2.05, 4.69) is 19.9 Å². The summed E-state index contributed by atoms with van der Waals surface area (Å²) in [5.41, 5.74) is 3.19. The van der Waals surface area contributed by atoms with Crippen LogP contribution in [0, 0.1) is 0 Å². The molecule has 0 aliphatic rings.